The maximum absolute atomic E-state index is 13.6. The monoisotopic (exact) mass is 449 g/mol. The Morgan fingerprint density at radius 1 is 1.06 bits per heavy atom. The quantitative estimate of drug-likeness (QED) is 0.639. The summed E-state index contributed by atoms with van der Waals surface area (Å²) in [7, 11) is 4.00. The molecule has 0 radical (unpaired) electrons. The van der Waals surface area contributed by atoms with Crippen molar-refractivity contribution in [2.24, 2.45) is 5.92 Å². The highest BCUT2D eigenvalue weighted by molar-refractivity contribution is 5.95. The molecule has 1 aliphatic carbocycles. The first-order chi connectivity index (χ1) is 15.9. The van der Waals surface area contributed by atoms with Crippen LogP contribution in [0, 0.1) is 12.8 Å². The average Bonchev–Trinajstić information content (AvgIpc) is 3.24. The van der Waals surface area contributed by atoms with Gasteiger partial charge in [-0.3, -0.25) is 9.59 Å². The van der Waals surface area contributed by atoms with Crippen LogP contribution in [0.2, 0.25) is 0 Å². The number of amides is 2. The molecule has 0 spiro atoms. The molecule has 6 nitrogen and oxygen atoms in total. The van der Waals surface area contributed by atoms with E-state index in [4.69, 9.17) is 4.74 Å². The Morgan fingerprint density at radius 3 is 2.52 bits per heavy atom. The van der Waals surface area contributed by atoms with E-state index >= 15 is 0 Å². The van der Waals surface area contributed by atoms with Crippen LogP contribution in [0.5, 0.6) is 0 Å². The molecule has 2 aliphatic rings. The first-order valence-electron chi connectivity index (χ1n) is 12.0. The second-order valence-corrected chi connectivity index (χ2v) is 9.55. The summed E-state index contributed by atoms with van der Waals surface area (Å²) in [5, 5.41) is 3.08. The van der Waals surface area contributed by atoms with E-state index in [1.54, 1.807) is 0 Å². The molecule has 1 unspecified atom stereocenters. The number of hydrogen-bond acceptors (Lipinski definition) is 4. The van der Waals surface area contributed by atoms with E-state index in [0.717, 1.165) is 61.2 Å². The van der Waals surface area contributed by atoms with Crippen molar-refractivity contribution < 1.29 is 14.3 Å². The predicted molar refractivity (Wildman–Crippen MR) is 132 cm³/mol. The van der Waals surface area contributed by atoms with Crippen LogP contribution in [-0.4, -0.2) is 50.1 Å². The lowest BCUT2D eigenvalue weighted by Crippen LogP contribution is -2.37. The van der Waals surface area contributed by atoms with E-state index in [1.807, 2.05) is 73.3 Å². The van der Waals surface area contributed by atoms with Crippen molar-refractivity contribution in [3.63, 3.8) is 0 Å². The van der Waals surface area contributed by atoms with Gasteiger partial charge in [0.05, 0.1) is 6.10 Å². The highest BCUT2D eigenvalue weighted by atomic mass is 16.5. The third kappa shape index (κ3) is 5.74. The fraction of sp³-hybridized carbons (Fsp3) is 0.481. The van der Waals surface area contributed by atoms with Crippen LogP contribution >= 0.6 is 0 Å². The molecule has 4 rings (SSSR count). The maximum Gasteiger partial charge on any atom is 0.254 e. The first-order valence-corrected chi connectivity index (χ1v) is 12.0. The van der Waals surface area contributed by atoms with E-state index in [0.29, 0.717) is 18.7 Å². The maximum atomic E-state index is 13.6. The van der Waals surface area contributed by atoms with Gasteiger partial charge in [-0.15, -0.1) is 0 Å². The van der Waals surface area contributed by atoms with Crippen molar-refractivity contribution in [2.75, 3.05) is 37.5 Å². The summed E-state index contributed by atoms with van der Waals surface area (Å²) in [5.74, 6) is 0.223. The van der Waals surface area contributed by atoms with Gasteiger partial charge in [-0.2, -0.15) is 0 Å². The molecule has 33 heavy (non-hydrogen) atoms. The Bertz CT molecular complexity index is 994. The van der Waals surface area contributed by atoms with Gasteiger partial charge in [-0.25, -0.2) is 0 Å². The molecule has 1 heterocycles. The average molecular weight is 450 g/mol. The number of nitrogens with one attached hydrogen (secondary N) is 1. The van der Waals surface area contributed by atoms with E-state index in [1.165, 1.54) is 0 Å². The molecule has 1 N–H and O–H groups in total. The molecule has 0 bridgehead atoms. The summed E-state index contributed by atoms with van der Waals surface area (Å²) in [6.45, 7) is 3.76. The van der Waals surface area contributed by atoms with Gasteiger partial charge in [-0.05, 0) is 68.5 Å². The lowest BCUT2D eigenvalue weighted by Gasteiger charge is -2.29. The first kappa shape index (κ1) is 23.3. The van der Waals surface area contributed by atoms with Crippen molar-refractivity contribution >= 4 is 23.2 Å². The fourth-order valence-corrected chi connectivity index (χ4v) is 4.56. The Morgan fingerprint density at radius 2 is 1.88 bits per heavy atom. The molecule has 2 fully saturated rings. The van der Waals surface area contributed by atoms with Gasteiger partial charge >= 0.3 is 0 Å². The van der Waals surface area contributed by atoms with Gasteiger partial charge in [-0.1, -0.05) is 24.1 Å². The molecule has 1 atom stereocenters. The van der Waals surface area contributed by atoms with Crippen LogP contribution in [0.3, 0.4) is 0 Å². The van der Waals surface area contributed by atoms with Gasteiger partial charge in [0.1, 0.15) is 0 Å². The Balaban J connectivity index is 1.60. The zero-order valence-corrected chi connectivity index (χ0v) is 20.0. The van der Waals surface area contributed by atoms with Gasteiger partial charge in [0, 0.05) is 56.6 Å². The van der Waals surface area contributed by atoms with Crippen LogP contribution in [0.25, 0.3) is 0 Å². The summed E-state index contributed by atoms with van der Waals surface area (Å²) in [4.78, 5) is 30.0. The Labute approximate surface area is 196 Å². The molecule has 1 saturated carbocycles. The SMILES string of the molecule is Cc1cccc(C(=O)N(Cc2cc(NC(=O)C3CCC3)ccc2N(C)C)CC2CCCO2)c1. The minimum absolute atomic E-state index is 0.00260. The Hall–Kier alpha value is -2.86. The standard InChI is InChI=1S/C27H35N3O3/c1-19-7-4-10-21(15-19)27(32)30(18-24-11-6-14-33-24)17-22-16-23(12-13-25(22)29(2)3)28-26(31)20-8-5-9-20/h4,7,10,12-13,15-16,20,24H,5-6,8-9,11,14,17-18H2,1-3H3,(H,28,31). The van der Waals surface area contributed by atoms with Crippen LogP contribution in [0.1, 0.15) is 53.6 Å². The summed E-state index contributed by atoms with van der Waals surface area (Å²) in [5.41, 5.74) is 4.57. The number of benzene rings is 2. The third-order valence-electron chi connectivity index (χ3n) is 6.67. The van der Waals surface area contributed by atoms with E-state index in [2.05, 4.69) is 5.32 Å². The minimum Gasteiger partial charge on any atom is -0.377 e. The molecule has 1 saturated heterocycles. The number of anilines is 2. The molecular weight excluding hydrogens is 414 g/mol. The van der Waals surface area contributed by atoms with Crippen LogP contribution in [0.4, 0.5) is 11.4 Å². The van der Waals surface area contributed by atoms with Crippen molar-refractivity contribution in [2.45, 2.75) is 51.7 Å². The number of carbonyl (C=O) groups excluding carboxylic acids is 2. The minimum atomic E-state index is 0.00260. The highest BCUT2D eigenvalue weighted by Gasteiger charge is 2.27. The summed E-state index contributed by atoms with van der Waals surface area (Å²) < 4.78 is 5.87. The molecule has 2 amide bonds. The van der Waals surface area contributed by atoms with Gasteiger partial charge < -0.3 is 19.9 Å². The molecular formula is C27H35N3O3. The van der Waals surface area contributed by atoms with Crippen molar-refractivity contribution in [1.82, 2.24) is 4.90 Å². The number of aryl methyl sites for hydroxylation is 1. The molecule has 0 aromatic heterocycles. The summed E-state index contributed by atoms with van der Waals surface area (Å²) in [6.07, 6.45) is 5.12. The molecule has 1 aliphatic heterocycles. The third-order valence-corrected chi connectivity index (χ3v) is 6.67. The lowest BCUT2D eigenvalue weighted by molar-refractivity contribution is -0.122. The van der Waals surface area contributed by atoms with Gasteiger partial charge in [0.15, 0.2) is 0 Å². The second kappa shape index (κ2) is 10.4. The Kier molecular flexibility index (Phi) is 7.33. The van der Waals surface area contributed by atoms with E-state index < -0.39 is 0 Å². The zero-order valence-electron chi connectivity index (χ0n) is 20.0. The number of hydrogen-bond donors (Lipinski definition) is 1. The largest absolute Gasteiger partial charge is 0.377 e. The summed E-state index contributed by atoms with van der Waals surface area (Å²) in [6, 6.07) is 13.7. The highest BCUT2D eigenvalue weighted by Crippen LogP contribution is 2.30. The molecule has 6 heteroatoms. The van der Waals surface area contributed by atoms with Crippen molar-refractivity contribution in [1.29, 1.82) is 0 Å². The number of carbonyl (C=O) groups is 2. The molecule has 2 aromatic rings. The van der Waals surface area contributed by atoms with E-state index in [-0.39, 0.29) is 23.8 Å². The van der Waals surface area contributed by atoms with Gasteiger partial charge in [0.2, 0.25) is 5.91 Å². The smallest absolute Gasteiger partial charge is 0.254 e. The van der Waals surface area contributed by atoms with Crippen molar-refractivity contribution in [3.8, 4) is 0 Å². The topological polar surface area (TPSA) is 61.9 Å². The molecule has 176 valence electrons. The summed E-state index contributed by atoms with van der Waals surface area (Å²) >= 11 is 0. The van der Waals surface area contributed by atoms with Crippen molar-refractivity contribution in [3.05, 3.63) is 59.2 Å². The zero-order chi connectivity index (χ0) is 23.4. The predicted octanol–water partition coefficient (Wildman–Crippen LogP) is 4.62. The van der Waals surface area contributed by atoms with Gasteiger partial charge in [0.25, 0.3) is 5.91 Å². The molecule has 2 aromatic carbocycles. The van der Waals surface area contributed by atoms with Crippen LogP contribution in [0.15, 0.2) is 42.5 Å². The lowest BCUT2D eigenvalue weighted by atomic mass is 9.85. The van der Waals surface area contributed by atoms with E-state index in [9.17, 15) is 9.59 Å². The number of ether oxygens (including phenoxy) is 1. The normalized spacial score (nSPS) is 18.0. The fourth-order valence-electron chi connectivity index (χ4n) is 4.56. The number of nitrogens with zero attached hydrogens (tertiary/aromatic N) is 2. The number of rotatable bonds is 8. The van der Waals surface area contributed by atoms with Crippen LogP contribution < -0.4 is 10.2 Å². The second-order valence-electron chi connectivity index (χ2n) is 9.55. The van der Waals surface area contributed by atoms with Crippen LogP contribution in [-0.2, 0) is 16.1 Å².